The average molecular weight is 214 g/mol. The maximum atomic E-state index is 13.0. The molecule has 0 aliphatic carbocycles. The Labute approximate surface area is 88.5 Å². The lowest BCUT2D eigenvalue weighted by Crippen LogP contribution is -2.36. The van der Waals surface area contributed by atoms with Crippen molar-refractivity contribution in [2.75, 3.05) is 13.2 Å². The van der Waals surface area contributed by atoms with Crippen LogP contribution in [0.15, 0.2) is 18.2 Å². The van der Waals surface area contributed by atoms with Gasteiger partial charge < -0.3 is 11.1 Å². The highest BCUT2D eigenvalue weighted by molar-refractivity contribution is 5.25. The number of benzene rings is 1. The fourth-order valence-electron chi connectivity index (χ4n) is 1.40. The van der Waals surface area contributed by atoms with Gasteiger partial charge in [-0.2, -0.15) is 0 Å². The van der Waals surface area contributed by atoms with Gasteiger partial charge in [0.25, 0.3) is 0 Å². The third-order valence-electron chi connectivity index (χ3n) is 2.41. The van der Waals surface area contributed by atoms with E-state index < -0.39 is 11.6 Å². The van der Waals surface area contributed by atoms with E-state index >= 15 is 0 Å². The molecule has 4 heteroatoms. The molecule has 0 bridgehead atoms. The van der Waals surface area contributed by atoms with Gasteiger partial charge in [0, 0.05) is 18.6 Å². The van der Waals surface area contributed by atoms with Crippen molar-refractivity contribution in [2.24, 2.45) is 5.73 Å². The van der Waals surface area contributed by atoms with Crippen LogP contribution in [0.4, 0.5) is 8.78 Å². The van der Waals surface area contributed by atoms with Crippen LogP contribution in [0.2, 0.25) is 0 Å². The summed E-state index contributed by atoms with van der Waals surface area (Å²) >= 11 is 0. The highest BCUT2D eigenvalue weighted by Crippen LogP contribution is 2.23. The molecular formula is C11H16F2N2. The van der Waals surface area contributed by atoms with Crippen molar-refractivity contribution >= 4 is 0 Å². The van der Waals surface area contributed by atoms with Gasteiger partial charge in [0.2, 0.25) is 0 Å². The first-order chi connectivity index (χ1) is 6.97. The lowest BCUT2D eigenvalue weighted by Gasteiger charge is -2.25. The smallest absolute Gasteiger partial charge is 0.159 e. The van der Waals surface area contributed by atoms with Crippen LogP contribution in [0, 0.1) is 11.6 Å². The molecule has 1 aromatic carbocycles. The van der Waals surface area contributed by atoms with Gasteiger partial charge in [-0.15, -0.1) is 0 Å². The molecule has 0 aliphatic heterocycles. The van der Waals surface area contributed by atoms with Crippen LogP contribution in [0.5, 0.6) is 0 Å². The maximum Gasteiger partial charge on any atom is 0.159 e. The van der Waals surface area contributed by atoms with Gasteiger partial charge in [0.05, 0.1) is 0 Å². The van der Waals surface area contributed by atoms with Gasteiger partial charge in [-0.25, -0.2) is 8.78 Å². The number of nitrogens with one attached hydrogen (secondary N) is 1. The summed E-state index contributed by atoms with van der Waals surface area (Å²) in [6.45, 7) is 4.88. The zero-order valence-electron chi connectivity index (χ0n) is 8.98. The molecule has 15 heavy (non-hydrogen) atoms. The van der Waals surface area contributed by atoms with E-state index in [2.05, 4.69) is 5.32 Å². The quantitative estimate of drug-likeness (QED) is 0.749. The number of halogens is 2. The molecule has 2 nitrogen and oxygen atoms in total. The van der Waals surface area contributed by atoms with Crippen LogP contribution in [-0.4, -0.2) is 13.2 Å². The highest BCUT2D eigenvalue weighted by atomic mass is 19.2. The van der Waals surface area contributed by atoms with Gasteiger partial charge in [-0.05, 0) is 17.7 Å². The van der Waals surface area contributed by atoms with E-state index in [1.165, 1.54) is 6.07 Å². The minimum absolute atomic E-state index is 0.270. The highest BCUT2D eigenvalue weighted by Gasteiger charge is 2.21. The maximum absolute atomic E-state index is 13.0. The van der Waals surface area contributed by atoms with E-state index in [0.717, 1.165) is 11.6 Å². The minimum atomic E-state index is -0.818. The summed E-state index contributed by atoms with van der Waals surface area (Å²) in [5, 5.41) is 2.98. The molecular weight excluding hydrogens is 198 g/mol. The molecule has 0 amide bonds. The number of hydrogen-bond donors (Lipinski definition) is 2. The van der Waals surface area contributed by atoms with Crippen LogP contribution in [0.1, 0.15) is 19.4 Å². The standard InChI is InChI=1S/C11H16F2N2/c1-11(2,6-15-7-14)8-3-4-9(12)10(13)5-8/h3-5,15H,6-7,14H2,1-2H3. The summed E-state index contributed by atoms with van der Waals surface area (Å²) in [6.07, 6.45) is 0. The topological polar surface area (TPSA) is 38.0 Å². The lowest BCUT2D eigenvalue weighted by atomic mass is 9.84. The molecule has 0 aliphatic rings. The molecule has 0 saturated heterocycles. The number of hydrogen-bond acceptors (Lipinski definition) is 2. The first kappa shape index (κ1) is 12.1. The van der Waals surface area contributed by atoms with E-state index in [9.17, 15) is 8.78 Å². The molecule has 1 aromatic rings. The monoisotopic (exact) mass is 214 g/mol. The van der Waals surface area contributed by atoms with Gasteiger partial charge in [-0.3, -0.25) is 0 Å². The van der Waals surface area contributed by atoms with Crippen LogP contribution in [0.25, 0.3) is 0 Å². The fourth-order valence-corrected chi connectivity index (χ4v) is 1.40. The van der Waals surface area contributed by atoms with Crippen molar-refractivity contribution in [1.82, 2.24) is 5.32 Å². The predicted octanol–water partition coefficient (Wildman–Crippen LogP) is 1.75. The molecule has 0 saturated carbocycles. The molecule has 3 N–H and O–H groups in total. The molecule has 0 atom stereocenters. The molecule has 84 valence electrons. The molecule has 0 radical (unpaired) electrons. The number of rotatable bonds is 4. The van der Waals surface area contributed by atoms with Crippen LogP contribution in [0.3, 0.4) is 0 Å². The predicted molar refractivity (Wildman–Crippen MR) is 56.4 cm³/mol. The Hall–Kier alpha value is -1.00. The van der Waals surface area contributed by atoms with E-state index in [1.807, 2.05) is 13.8 Å². The fraction of sp³-hybridized carbons (Fsp3) is 0.455. The Morgan fingerprint density at radius 1 is 1.27 bits per heavy atom. The van der Waals surface area contributed by atoms with Crippen molar-refractivity contribution in [1.29, 1.82) is 0 Å². The third-order valence-corrected chi connectivity index (χ3v) is 2.41. The first-order valence-electron chi connectivity index (χ1n) is 4.83. The summed E-state index contributed by atoms with van der Waals surface area (Å²) in [7, 11) is 0. The second kappa shape index (κ2) is 4.68. The Kier molecular flexibility index (Phi) is 3.77. The van der Waals surface area contributed by atoms with Crippen LogP contribution < -0.4 is 11.1 Å². The van der Waals surface area contributed by atoms with E-state index in [1.54, 1.807) is 6.07 Å². The summed E-state index contributed by atoms with van der Waals surface area (Å²) in [4.78, 5) is 0. The number of nitrogens with two attached hydrogens (primary N) is 1. The Morgan fingerprint density at radius 2 is 1.93 bits per heavy atom. The van der Waals surface area contributed by atoms with Crippen LogP contribution in [-0.2, 0) is 5.41 Å². The zero-order chi connectivity index (χ0) is 11.5. The normalized spacial score (nSPS) is 11.8. The summed E-state index contributed by atoms with van der Waals surface area (Å²) in [6, 6.07) is 3.97. The Bertz CT molecular complexity index is 337. The van der Waals surface area contributed by atoms with Gasteiger partial charge in [0.1, 0.15) is 0 Å². The average Bonchev–Trinajstić information content (AvgIpc) is 2.19. The van der Waals surface area contributed by atoms with Crippen molar-refractivity contribution in [3.05, 3.63) is 35.4 Å². The van der Waals surface area contributed by atoms with Crippen molar-refractivity contribution in [2.45, 2.75) is 19.3 Å². The molecule has 1 rings (SSSR count). The van der Waals surface area contributed by atoms with Crippen molar-refractivity contribution in [3.63, 3.8) is 0 Å². The zero-order valence-corrected chi connectivity index (χ0v) is 8.98. The lowest BCUT2D eigenvalue weighted by molar-refractivity contribution is 0.461. The summed E-state index contributed by atoms with van der Waals surface area (Å²) < 4.78 is 25.7. The second-order valence-corrected chi connectivity index (χ2v) is 4.14. The van der Waals surface area contributed by atoms with E-state index in [-0.39, 0.29) is 5.41 Å². The van der Waals surface area contributed by atoms with Gasteiger partial charge in [0.15, 0.2) is 11.6 Å². The Balaban J connectivity index is 2.89. The Morgan fingerprint density at radius 3 is 2.47 bits per heavy atom. The third kappa shape index (κ3) is 2.97. The molecule has 0 fully saturated rings. The minimum Gasteiger partial charge on any atom is -0.318 e. The molecule has 0 unspecified atom stereocenters. The molecule has 0 aromatic heterocycles. The van der Waals surface area contributed by atoms with E-state index in [0.29, 0.717) is 13.2 Å². The summed E-state index contributed by atoms with van der Waals surface area (Å²) in [5.41, 5.74) is 5.80. The van der Waals surface area contributed by atoms with Crippen LogP contribution >= 0.6 is 0 Å². The van der Waals surface area contributed by atoms with E-state index in [4.69, 9.17) is 5.73 Å². The molecule has 0 spiro atoms. The van der Waals surface area contributed by atoms with Gasteiger partial charge >= 0.3 is 0 Å². The first-order valence-corrected chi connectivity index (χ1v) is 4.83. The summed E-state index contributed by atoms with van der Waals surface area (Å²) in [5.74, 6) is -1.63. The second-order valence-electron chi connectivity index (χ2n) is 4.14. The van der Waals surface area contributed by atoms with Gasteiger partial charge in [-0.1, -0.05) is 19.9 Å². The molecule has 0 heterocycles. The SMILES string of the molecule is CC(C)(CNCN)c1ccc(F)c(F)c1. The van der Waals surface area contributed by atoms with Crippen molar-refractivity contribution < 1.29 is 8.78 Å². The van der Waals surface area contributed by atoms with Crippen molar-refractivity contribution in [3.8, 4) is 0 Å². The largest absolute Gasteiger partial charge is 0.318 e.